The van der Waals surface area contributed by atoms with Gasteiger partial charge in [-0.1, -0.05) is 54.6 Å². The normalized spacial score (nSPS) is 15.2. The lowest BCUT2D eigenvalue weighted by Crippen LogP contribution is -2.37. The van der Waals surface area contributed by atoms with E-state index in [-0.39, 0.29) is 10.6 Å². The topological polar surface area (TPSA) is 93.4 Å². The zero-order valence-electron chi connectivity index (χ0n) is 19.5. The third-order valence-corrected chi connectivity index (χ3v) is 6.45. The highest BCUT2D eigenvalue weighted by Gasteiger charge is 2.36. The van der Waals surface area contributed by atoms with E-state index in [1.54, 1.807) is 36.9 Å². The lowest BCUT2D eigenvalue weighted by Gasteiger charge is -2.12. The molecule has 1 aliphatic rings. The van der Waals surface area contributed by atoms with Crippen LogP contribution in [0.4, 0.5) is 10.5 Å². The Hall–Kier alpha value is -4.11. The van der Waals surface area contributed by atoms with Crippen molar-refractivity contribution in [3.63, 3.8) is 0 Å². The van der Waals surface area contributed by atoms with Gasteiger partial charge in [-0.3, -0.25) is 28.8 Å². The maximum atomic E-state index is 13.0. The summed E-state index contributed by atoms with van der Waals surface area (Å²) in [5.74, 6) is -1.17. The molecule has 0 spiro atoms. The number of rotatable bonds is 6. The Bertz CT molecular complexity index is 1420. The maximum Gasteiger partial charge on any atom is 0.295 e. The van der Waals surface area contributed by atoms with Gasteiger partial charge in [-0.15, -0.1) is 0 Å². The van der Waals surface area contributed by atoms with Crippen molar-refractivity contribution in [3.05, 3.63) is 98.8 Å². The Labute approximate surface area is 206 Å². The van der Waals surface area contributed by atoms with Gasteiger partial charge in [0.25, 0.3) is 16.7 Å². The number of benzene rings is 2. The van der Waals surface area contributed by atoms with Crippen LogP contribution in [-0.4, -0.2) is 37.9 Å². The molecule has 2 heterocycles. The molecule has 1 N–H and O–H groups in total. The largest absolute Gasteiger partial charge is 0.318 e. The third-order valence-electron chi connectivity index (χ3n) is 5.55. The standard InChI is InChI=1S/C26H24N4O4S/c1-17(14-19-10-6-4-7-11-19)15-21-24(32)29(26(34)35-21)16-22(31)27-23-18(2)28(3)30(25(23)33)20-12-8-5-9-13-20/h4-15H,16H2,1-3H3,(H,27,31). The monoisotopic (exact) mass is 488 g/mol. The molecule has 1 aromatic heterocycles. The minimum atomic E-state index is -0.629. The molecule has 4 rings (SSSR count). The molecule has 35 heavy (non-hydrogen) atoms. The Balaban J connectivity index is 1.49. The highest BCUT2D eigenvalue weighted by molar-refractivity contribution is 8.18. The van der Waals surface area contributed by atoms with Crippen molar-refractivity contribution in [2.45, 2.75) is 13.8 Å². The average Bonchev–Trinajstić information content (AvgIpc) is 3.21. The van der Waals surface area contributed by atoms with Gasteiger partial charge in [-0.05, 0) is 55.0 Å². The van der Waals surface area contributed by atoms with Crippen molar-refractivity contribution < 1.29 is 14.4 Å². The van der Waals surface area contributed by atoms with Gasteiger partial charge < -0.3 is 5.32 Å². The molecule has 0 radical (unpaired) electrons. The van der Waals surface area contributed by atoms with Gasteiger partial charge in [0.1, 0.15) is 12.2 Å². The molecule has 3 aromatic rings. The molecule has 0 saturated carbocycles. The number of anilines is 1. The highest BCUT2D eigenvalue weighted by atomic mass is 32.2. The summed E-state index contributed by atoms with van der Waals surface area (Å²) in [6.45, 7) is 3.06. The van der Waals surface area contributed by atoms with Crippen LogP contribution in [0.25, 0.3) is 11.8 Å². The molecule has 3 amide bonds. The van der Waals surface area contributed by atoms with Crippen molar-refractivity contribution in [3.8, 4) is 5.69 Å². The van der Waals surface area contributed by atoms with Crippen molar-refractivity contribution in [1.82, 2.24) is 14.3 Å². The number of imide groups is 1. The van der Waals surface area contributed by atoms with Crippen LogP contribution in [0.2, 0.25) is 0 Å². The van der Waals surface area contributed by atoms with Crippen molar-refractivity contribution in [1.29, 1.82) is 0 Å². The Kier molecular flexibility index (Phi) is 6.88. The molecule has 8 nitrogen and oxygen atoms in total. The van der Waals surface area contributed by atoms with Crippen LogP contribution in [-0.2, 0) is 16.6 Å². The third kappa shape index (κ3) is 5.04. The average molecular weight is 489 g/mol. The van der Waals surface area contributed by atoms with E-state index in [2.05, 4.69) is 5.32 Å². The fraction of sp³-hybridized carbons (Fsp3) is 0.154. The lowest BCUT2D eigenvalue weighted by molar-refractivity contribution is -0.127. The van der Waals surface area contributed by atoms with Gasteiger partial charge in [0.05, 0.1) is 16.3 Å². The molecule has 0 bridgehead atoms. The van der Waals surface area contributed by atoms with Crippen molar-refractivity contribution in [2.24, 2.45) is 7.05 Å². The summed E-state index contributed by atoms with van der Waals surface area (Å²) in [6.07, 6.45) is 3.53. The van der Waals surface area contributed by atoms with Gasteiger partial charge in [0.15, 0.2) is 0 Å². The first-order valence-corrected chi connectivity index (χ1v) is 11.7. The number of aromatic nitrogens is 2. The molecule has 178 valence electrons. The van der Waals surface area contributed by atoms with E-state index in [0.717, 1.165) is 27.8 Å². The fourth-order valence-corrected chi connectivity index (χ4v) is 4.62. The number of thioether (sulfide) groups is 1. The molecule has 1 aliphatic heterocycles. The number of allylic oxidation sites excluding steroid dienone is 2. The Morgan fingerprint density at radius 1 is 1.00 bits per heavy atom. The van der Waals surface area contributed by atoms with Crippen LogP contribution >= 0.6 is 11.8 Å². The van der Waals surface area contributed by atoms with Crippen LogP contribution in [0.5, 0.6) is 0 Å². The fourth-order valence-electron chi connectivity index (χ4n) is 3.73. The summed E-state index contributed by atoms with van der Waals surface area (Å²) in [7, 11) is 1.71. The van der Waals surface area contributed by atoms with Crippen molar-refractivity contribution >= 4 is 40.6 Å². The predicted octanol–water partition coefficient (Wildman–Crippen LogP) is 4.11. The van der Waals surface area contributed by atoms with E-state index in [0.29, 0.717) is 11.4 Å². The summed E-state index contributed by atoms with van der Waals surface area (Å²) >= 11 is 0.787. The molecule has 9 heteroatoms. The van der Waals surface area contributed by atoms with Crippen LogP contribution in [0.3, 0.4) is 0 Å². The zero-order chi connectivity index (χ0) is 25.1. The molecule has 0 atom stereocenters. The SMILES string of the molecule is CC(=Cc1ccccc1)C=C1SC(=O)N(CC(=O)Nc2c(C)n(C)n(-c3ccccc3)c2=O)C1=O. The molecular weight excluding hydrogens is 464 g/mol. The zero-order valence-corrected chi connectivity index (χ0v) is 20.3. The predicted molar refractivity (Wildman–Crippen MR) is 137 cm³/mol. The summed E-state index contributed by atoms with van der Waals surface area (Å²) in [6, 6.07) is 18.6. The van der Waals surface area contributed by atoms with E-state index in [4.69, 9.17) is 0 Å². The second-order valence-corrected chi connectivity index (χ2v) is 9.04. The van der Waals surface area contributed by atoms with Crippen LogP contribution < -0.4 is 10.9 Å². The van der Waals surface area contributed by atoms with Gasteiger partial charge in [-0.25, -0.2) is 4.68 Å². The number of amides is 3. The minimum absolute atomic E-state index is 0.102. The number of para-hydroxylation sites is 1. The smallest absolute Gasteiger partial charge is 0.295 e. The summed E-state index contributed by atoms with van der Waals surface area (Å²) in [5.41, 5.74) is 2.67. The van der Waals surface area contributed by atoms with Crippen molar-refractivity contribution in [2.75, 3.05) is 11.9 Å². The van der Waals surface area contributed by atoms with Gasteiger partial charge in [-0.2, -0.15) is 0 Å². The molecule has 0 unspecified atom stereocenters. The van der Waals surface area contributed by atoms with E-state index >= 15 is 0 Å². The highest BCUT2D eigenvalue weighted by Crippen LogP contribution is 2.31. The maximum absolute atomic E-state index is 13.0. The number of carbonyl (C=O) groups excluding carboxylic acids is 3. The first-order chi connectivity index (χ1) is 16.8. The van der Waals surface area contributed by atoms with Gasteiger partial charge in [0.2, 0.25) is 5.91 Å². The summed E-state index contributed by atoms with van der Waals surface area (Å²) in [5, 5.41) is 2.05. The minimum Gasteiger partial charge on any atom is -0.318 e. The number of nitrogens with one attached hydrogen (secondary N) is 1. The Morgan fingerprint density at radius 2 is 1.63 bits per heavy atom. The van der Waals surface area contributed by atoms with E-state index in [1.807, 2.05) is 61.5 Å². The lowest BCUT2D eigenvalue weighted by atomic mass is 10.1. The summed E-state index contributed by atoms with van der Waals surface area (Å²) < 4.78 is 3.08. The van der Waals surface area contributed by atoms with E-state index in [9.17, 15) is 19.2 Å². The van der Waals surface area contributed by atoms with E-state index in [1.165, 1.54) is 4.68 Å². The number of hydrogen-bond donors (Lipinski definition) is 1. The van der Waals surface area contributed by atoms with Gasteiger partial charge in [0, 0.05) is 7.05 Å². The molecule has 0 aliphatic carbocycles. The number of hydrogen-bond acceptors (Lipinski definition) is 5. The molecular formula is C26H24N4O4S. The molecule has 1 saturated heterocycles. The second kappa shape index (κ2) is 10.0. The summed E-state index contributed by atoms with van der Waals surface area (Å²) in [4.78, 5) is 52.1. The Morgan fingerprint density at radius 3 is 2.29 bits per heavy atom. The van der Waals surface area contributed by atoms with Crippen LogP contribution in [0, 0.1) is 6.92 Å². The quantitative estimate of drug-likeness (QED) is 0.527. The molecule has 2 aromatic carbocycles. The number of nitrogens with zero attached hydrogens (tertiary/aromatic N) is 3. The van der Waals surface area contributed by atoms with Gasteiger partial charge >= 0.3 is 0 Å². The van der Waals surface area contributed by atoms with Crippen LogP contribution in [0.15, 0.2) is 82.0 Å². The van der Waals surface area contributed by atoms with E-state index < -0.39 is 29.2 Å². The molecule has 1 fully saturated rings. The van der Waals surface area contributed by atoms with Crippen LogP contribution in [0.1, 0.15) is 18.2 Å². The number of carbonyl (C=O) groups is 3. The second-order valence-electron chi connectivity index (χ2n) is 8.05. The first kappa shape index (κ1) is 24.0. The first-order valence-electron chi connectivity index (χ1n) is 10.9.